The zero-order chi connectivity index (χ0) is 35.0. The number of carbonyl (C=O) groups is 3. The topological polar surface area (TPSA) is 153 Å². The largest absolute Gasteiger partial charge is 0.463 e. The predicted octanol–water partition coefficient (Wildman–Crippen LogP) is 9.40. The van der Waals surface area contributed by atoms with Crippen molar-refractivity contribution < 1.29 is 28.6 Å². The molecule has 0 amide bonds. The highest BCUT2D eigenvalue weighted by atomic mass is 32.1. The van der Waals surface area contributed by atoms with Gasteiger partial charge in [0.25, 0.3) is 0 Å². The Balaban J connectivity index is 1.20. The molecular formula is C35H38N6O6S2. The number of hydrogen-bond donors (Lipinski definition) is 1. The summed E-state index contributed by atoms with van der Waals surface area (Å²) in [6.45, 7) is 11.6. The first-order valence-electron chi connectivity index (χ1n) is 15.7. The molecule has 0 bridgehead atoms. The number of anilines is 1. The average Bonchev–Trinajstić information content (AvgIpc) is 3.67. The van der Waals surface area contributed by atoms with E-state index in [1.807, 2.05) is 49.4 Å². The first kappa shape index (κ1) is 36.8. The van der Waals surface area contributed by atoms with E-state index >= 15 is 0 Å². The number of carbonyl (C=O) groups excluding carboxylic acids is 3. The molecule has 1 N–H and O–H groups in total. The van der Waals surface area contributed by atoms with Gasteiger partial charge in [0.15, 0.2) is 6.10 Å². The molecule has 0 fully saturated rings. The fraction of sp³-hybridized carbons (Fsp3) is 0.314. The van der Waals surface area contributed by atoms with Crippen molar-refractivity contribution in [2.45, 2.75) is 52.1 Å². The van der Waals surface area contributed by atoms with E-state index in [1.54, 1.807) is 0 Å². The fourth-order valence-corrected chi connectivity index (χ4v) is 6.17. The molecule has 2 aromatic heterocycles. The Hall–Kier alpha value is -5.08. The number of nitrogens with one attached hydrogen (secondary N) is 1. The highest BCUT2D eigenvalue weighted by Crippen LogP contribution is 2.39. The number of nitrogens with zero attached hydrogens (tertiary/aromatic N) is 5. The van der Waals surface area contributed by atoms with Gasteiger partial charge < -0.3 is 19.5 Å². The van der Waals surface area contributed by atoms with Gasteiger partial charge >= 0.3 is 17.9 Å². The van der Waals surface area contributed by atoms with Crippen LogP contribution in [-0.2, 0) is 35.0 Å². The van der Waals surface area contributed by atoms with Crippen LogP contribution in [0.2, 0.25) is 0 Å². The SMILES string of the molecule is C=CC(=O)OCCCCCCNc1ccc(N=Nc2nc3sc(N=Nc4ccc(CCOC(=O)C(C)OC(=O)C=C)cc4)cc3s2)c(C)c1. The molecule has 4 aromatic rings. The molecule has 0 saturated heterocycles. The first-order chi connectivity index (χ1) is 23.7. The molecule has 4 rings (SSSR count). The molecular weight excluding hydrogens is 665 g/mol. The molecule has 0 saturated carbocycles. The summed E-state index contributed by atoms with van der Waals surface area (Å²) < 4.78 is 16.0. The van der Waals surface area contributed by atoms with Crippen molar-refractivity contribution >= 4 is 77.3 Å². The van der Waals surface area contributed by atoms with Gasteiger partial charge in [-0.1, -0.05) is 54.4 Å². The van der Waals surface area contributed by atoms with Crippen LogP contribution in [-0.4, -0.2) is 48.8 Å². The van der Waals surface area contributed by atoms with E-state index in [9.17, 15) is 14.4 Å². The van der Waals surface area contributed by atoms with Crippen LogP contribution in [0, 0.1) is 6.92 Å². The lowest BCUT2D eigenvalue weighted by Crippen LogP contribution is -2.26. The van der Waals surface area contributed by atoms with E-state index in [0.29, 0.717) is 23.8 Å². The molecule has 49 heavy (non-hydrogen) atoms. The van der Waals surface area contributed by atoms with Gasteiger partial charge in [-0.15, -0.1) is 20.5 Å². The van der Waals surface area contributed by atoms with Gasteiger partial charge in [0.05, 0.1) is 29.3 Å². The van der Waals surface area contributed by atoms with Gasteiger partial charge in [0.1, 0.15) is 9.83 Å². The van der Waals surface area contributed by atoms with Crippen LogP contribution in [0.15, 0.2) is 94.3 Å². The van der Waals surface area contributed by atoms with Gasteiger partial charge in [0.2, 0.25) is 5.13 Å². The molecule has 1 atom stereocenters. The summed E-state index contributed by atoms with van der Waals surface area (Å²) in [7, 11) is 0. The summed E-state index contributed by atoms with van der Waals surface area (Å²) in [6.07, 6.45) is 5.61. The molecule has 1 unspecified atom stereocenters. The lowest BCUT2D eigenvalue weighted by atomic mass is 10.1. The van der Waals surface area contributed by atoms with Gasteiger partial charge in [-0.05, 0) is 80.6 Å². The Morgan fingerprint density at radius 2 is 1.65 bits per heavy atom. The third-order valence-electron chi connectivity index (χ3n) is 6.94. The lowest BCUT2D eigenvalue weighted by Gasteiger charge is -2.11. The number of azo groups is 2. The Bertz CT molecular complexity index is 1780. The molecule has 0 aliphatic rings. The molecule has 2 heterocycles. The number of thiophene rings is 1. The molecule has 0 aliphatic carbocycles. The van der Waals surface area contributed by atoms with Crippen LogP contribution in [0.5, 0.6) is 0 Å². The van der Waals surface area contributed by atoms with E-state index < -0.39 is 18.0 Å². The third kappa shape index (κ3) is 12.1. The summed E-state index contributed by atoms with van der Waals surface area (Å²) in [5.74, 6) is -1.66. The van der Waals surface area contributed by atoms with Gasteiger partial charge in [-0.25, -0.2) is 19.4 Å². The molecule has 2 aromatic carbocycles. The maximum Gasteiger partial charge on any atom is 0.347 e. The van der Waals surface area contributed by atoms with Crippen molar-refractivity contribution in [2.75, 3.05) is 25.1 Å². The maximum atomic E-state index is 11.9. The zero-order valence-electron chi connectivity index (χ0n) is 27.4. The second-order valence-corrected chi connectivity index (χ2v) is 12.7. The molecule has 14 heteroatoms. The van der Waals surface area contributed by atoms with E-state index in [-0.39, 0.29) is 12.6 Å². The lowest BCUT2D eigenvalue weighted by molar-refractivity contribution is -0.163. The molecule has 0 aliphatic heterocycles. The van der Waals surface area contributed by atoms with Gasteiger partial charge in [-0.3, -0.25) is 0 Å². The van der Waals surface area contributed by atoms with Crippen molar-refractivity contribution in [3.8, 4) is 0 Å². The van der Waals surface area contributed by atoms with E-state index in [0.717, 1.165) is 75.3 Å². The minimum atomic E-state index is -0.994. The van der Waals surface area contributed by atoms with E-state index in [4.69, 9.17) is 14.2 Å². The normalized spacial score (nSPS) is 11.9. The van der Waals surface area contributed by atoms with Crippen LogP contribution in [0.3, 0.4) is 0 Å². The number of ether oxygens (including phenoxy) is 3. The second-order valence-electron chi connectivity index (χ2n) is 10.7. The van der Waals surface area contributed by atoms with E-state index in [2.05, 4.69) is 50.0 Å². The van der Waals surface area contributed by atoms with Crippen LogP contribution in [0.25, 0.3) is 9.53 Å². The average molecular weight is 703 g/mol. The van der Waals surface area contributed by atoms with Crippen molar-refractivity contribution in [2.24, 2.45) is 20.5 Å². The van der Waals surface area contributed by atoms with E-state index in [1.165, 1.54) is 35.7 Å². The third-order valence-corrected chi connectivity index (χ3v) is 8.87. The second kappa shape index (κ2) is 19.1. The summed E-state index contributed by atoms with van der Waals surface area (Å²) in [5, 5.41) is 22.2. The first-order valence-corrected chi connectivity index (χ1v) is 17.3. The van der Waals surface area contributed by atoms with Crippen LogP contribution in [0.4, 0.5) is 27.2 Å². The quantitative estimate of drug-likeness (QED) is 0.0333. The molecule has 12 nitrogen and oxygen atoms in total. The van der Waals surface area contributed by atoms with Gasteiger partial charge in [-0.2, -0.15) is 0 Å². The van der Waals surface area contributed by atoms with Crippen molar-refractivity contribution in [1.29, 1.82) is 0 Å². The summed E-state index contributed by atoms with van der Waals surface area (Å²) >= 11 is 2.86. The standard InChI is InChI=1S/C35H38N6O6S2/c1-5-31(42)45-19-10-8-7-9-18-36-27-15-16-28(23(3)21-27)39-41-35-37-33-29(48-35)22-30(49-33)40-38-26-13-11-25(12-14-26)17-20-46-34(44)24(4)47-32(43)6-2/h5-6,11-16,21-22,24,36H,1-2,7-10,17-20H2,3-4H3. The number of thiazole rings is 1. The zero-order valence-corrected chi connectivity index (χ0v) is 29.1. The highest BCUT2D eigenvalue weighted by Gasteiger charge is 2.17. The number of esters is 3. The minimum absolute atomic E-state index is 0.154. The number of unbranched alkanes of at least 4 members (excludes halogenated alkanes) is 3. The van der Waals surface area contributed by atoms with Crippen LogP contribution in [0.1, 0.15) is 43.7 Å². The van der Waals surface area contributed by atoms with Crippen molar-refractivity contribution in [3.63, 3.8) is 0 Å². The Kier molecular flexibility index (Phi) is 14.3. The number of aromatic nitrogens is 1. The Morgan fingerprint density at radius 3 is 2.39 bits per heavy atom. The number of benzene rings is 2. The Labute approximate surface area is 292 Å². The molecule has 256 valence electrons. The van der Waals surface area contributed by atoms with Crippen molar-refractivity contribution in [3.05, 3.63) is 85.0 Å². The van der Waals surface area contributed by atoms with Crippen LogP contribution < -0.4 is 5.32 Å². The molecule has 0 spiro atoms. The summed E-state index contributed by atoms with van der Waals surface area (Å²) in [6, 6.07) is 15.4. The monoisotopic (exact) mass is 702 g/mol. The number of fused-ring (bicyclic) bond motifs is 1. The van der Waals surface area contributed by atoms with Crippen LogP contribution >= 0.6 is 22.7 Å². The van der Waals surface area contributed by atoms with Crippen molar-refractivity contribution in [1.82, 2.24) is 4.98 Å². The summed E-state index contributed by atoms with van der Waals surface area (Å²) in [4.78, 5) is 39.6. The number of aryl methyl sites for hydroxylation is 1. The number of rotatable bonds is 19. The summed E-state index contributed by atoms with van der Waals surface area (Å²) in [5.41, 5.74) is 4.46. The molecule has 0 radical (unpaired) electrons. The maximum absolute atomic E-state index is 11.9. The highest BCUT2D eigenvalue weighted by molar-refractivity contribution is 7.30. The minimum Gasteiger partial charge on any atom is -0.463 e. The Morgan fingerprint density at radius 1 is 0.878 bits per heavy atom. The fourth-order valence-electron chi connectivity index (χ4n) is 4.32. The smallest absolute Gasteiger partial charge is 0.347 e. The number of hydrogen-bond acceptors (Lipinski definition) is 14. The van der Waals surface area contributed by atoms with Gasteiger partial charge in [0, 0.05) is 30.8 Å². The predicted molar refractivity (Wildman–Crippen MR) is 192 cm³/mol.